The quantitative estimate of drug-likeness (QED) is 0.668. The van der Waals surface area contributed by atoms with Gasteiger partial charge in [-0.2, -0.15) is 0 Å². The number of nitrogens with one attached hydrogen (secondary N) is 1. The molecule has 27 heavy (non-hydrogen) atoms. The fourth-order valence-electron chi connectivity index (χ4n) is 2.41. The normalized spacial score (nSPS) is 11.2. The Bertz CT molecular complexity index is 1010. The molecule has 0 fully saturated rings. The van der Waals surface area contributed by atoms with Crippen molar-refractivity contribution in [3.05, 3.63) is 89.5 Å². The van der Waals surface area contributed by atoms with Gasteiger partial charge in [-0.1, -0.05) is 17.7 Å². The highest BCUT2D eigenvalue weighted by molar-refractivity contribution is 7.92. The Kier molecular flexibility index (Phi) is 5.41. The van der Waals surface area contributed by atoms with Crippen molar-refractivity contribution in [3.63, 3.8) is 0 Å². The molecule has 0 saturated carbocycles. The summed E-state index contributed by atoms with van der Waals surface area (Å²) in [6, 6.07) is 15.9. The Morgan fingerprint density at radius 3 is 2.07 bits per heavy atom. The largest absolute Gasteiger partial charge is 0.489 e. The van der Waals surface area contributed by atoms with Gasteiger partial charge in [0.05, 0.1) is 4.90 Å². The Balaban J connectivity index is 1.65. The molecule has 1 N–H and O–H groups in total. The van der Waals surface area contributed by atoms with Crippen LogP contribution < -0.4 is 9.46 Å². The average Bonchev–Trinajstić information content (AvgIpc) is 2.60. The Morgan fingerprint density at radius 1 is 0.889 bits per heavy atom. The second kappa shape index (κ2) is 7.75. The highest BCUT2D eigenvalue weighted by atomic mass is 32.2. The monoisotopic (exact) mass is 389 g/mol. The molecule has 0 aliphatic heterocycles. The number of benzene rings is 3. The topological polar surface area (TPSA) is 55.4 Å². The highest BCUT2D eigenvalue weighted by Gasteiger charge is 2.13. The first kappa shape index (κ1) is 18.8. The molecule has 0 aliphatic carbocycles. The van der Waals surface area contributed by atoms with Crippen LogP contribution in [0.3, 0.4) is 0 Å². The molecule has 0 saturated heterocycles. The van der Waals surface area contributed by atoms with E-state index in [-0.39, 0.29) is 11.5 Å². The van der Waals surface area contributed by atoms with E-state index < -0.39 is 21.7 Å². The summed E-state index contributed by atoms with van der Waals surface area (Å²) in [5, 5.41) is 0. The van der Waals surface area contributed by atoms with Gasteiger partial charge in [0.2, 0.25) is 0 Å². The molecular formula is C20H17F2NO3S. The lowest BCUT2D eigenvalue weighted by molar-refractivity contribution is 0.305. The summed E-state index contributed by atoms with van der Waals surface area (Å²) in [5.41, 5.74) is 1.70. The van der Waals surface area contributed by atoms with E-state index in [2.05, 4.69) is 4.72 Å². The molecule has 0 amide bonds. The molecule has 0 atom stereocenters. The third-order valence-electron chi connectivity index (χ3n) is 3.77. The maximum atomic E-state index is 13.2. The van der Waals surface area contributed by atoms with Gasteiger partial charge in [0.25, 0.3) is 10.0 Å². The zero-order valence-corrected chi connectivity index (χ0v) is 15.3. The lowest BCUT2D eigenvalue weighted by Crippen LogP contribution is -2.12. The van der Waals surface area contributed by atoms with Gasteiger partial charge in [0, 0.05) is 11.8 Å². The summed E-state index contributed by atoms with van der Waals surface area (Å²) in [7, 11) is -3.68. The maximum Gasteiger partial charge on any atom is 0.261 e. The molecule has 3 rings (SSSR count). The van der Waals surface area contributed by atoms with Crippen LogP contribution in [0.4, 0.5) is 14.5 Å². The predicted molar refractivity (Wildman–Crippen MR) is 99.1 cm³/mol. The standard InChI is InChI=1S/C20H17F2NO3S/c1-14-2-8-20(9-3-14)27(24,25)23-18-4-6-19(7-5-18)26-13-15-10-16(21)12-17(22)11-15/h2-12,23H,13H2,1H3. The summed E-state index contributed by atoms with van der Waals surface area (Å²) in [6.45, 7) is 1.86. The molecule has 0 heterocycles. The van der Waals surface area contributed by atoms with E-state index in [9.17, 15) is 17.2 Å². The van der Waals surface area contributed by atoms with Crippen molar-refractivity contribution >= 4 is 15.7 Å². The minimum absolute atomic E-state index is 0.0108. The van der Waals surface area contributed by atoms with E-state index in [1.807, 2.05) is 6.92 Å². The van der Waals surface area contributed by atoms with Crippen LogP contribution in [0.15, 0.2) is 71.6 Å². The molecule has 0 spiro atoms. The summed E-state index contributed by atoms with van der Waals surface area (Å²) in [5.74, 6) is -0.901. The fourth-order valence-corrected chi connectivity index (χ4v) is 3.47. The van der Waals surface area contributed by atoms with E-state index in [1.165, 1.54) is 24.3 Å². The number of aryl methyl sites for hydroxylation is 1. The van der Waals surface area contributed by atoms with Gasteiger partial charge in [-0.05, 0) is 61.0 Å². The first-order chi connectivity index (χ1) is 12.8. The first-order valence-electron chi connectivity index (χ1n) is 8.09. The van der Waals surface area contributed by atoms with Gasteiger partial charge in [-0.3, -0.25) is 4.72 Å². The van der Waals surface area contributed by atoms with Crippen LogP contribution in [0.2, 0.25) is 0 Å². The minimum Gasteiger partial charge on any atom is -0.489 e. The van der Waals surface area contributed by atoms with Gasteiger partial charge in [-0.25, -0.2) is 17.2 Å². The number of hydrogen-bond donors (Lipinski definition) is 1. The zero-order chi connectivity index (χ0) is 19.4. The maximum absolute atomic E-state index is 13.2. The smallest absolute Gasteiger partial charge is 0.261 e. The van der Waals surface area contributed by atoms with Gasteiger partial charge in [-0.15, -0.1) is 0 Å². The molecule has 3 aromatic carbocycles. The number of ether oxygens (including phenoxy) is 1. The fraction of sp³-hybridized carbons (Fsp3) is 0.100. The van der Waals surface area contributed by atoms with E-state index in [4.69, 9.17) is 4.74 Å². The summed E-state index contributed by atoms with van der Waals surface area (Å²) < 4.78 is 59.0. The van der Waals surface area contributed by atoms with Crippen LogP contribution >= 0.6 is 0 Å². The van der Waals surface area contributed by atoms with Gasteiger partial charge < -0.3 is 4.74 Å². The minimum atomic E-state index is -3.68. The molecule has 4 nitrogen and oxygen atoms in total. The molecular weight excluding hydrogens is 372 g/mol. The van der Waals surface area contributed by atoms with Crippen molar-refractivity contribution in [2.45, 2.75) is 18.4 Å². The van der Waals surface area contributed by atoms with Crippen molar-refractivity contribution in [2.75, 3.05) is 4.72 Å². The number of sulfonamides is 1. The second-order valence-electron chi connectivity index (χ2n) is 6.01. The molecule has 0 aliphatic rings. The molecule has 7 heteroatoms. The van der Waals surface area contributed by atoms with Gasteiger partial charge in [0.1, 0.15) is 24.0 Å². The number of hydrogen-bond acceptors (Lipinski definition) is 3. The Morgan fingerprint density at radius 2 is 1.48 bits per heavy atom. The summed E-state index contributed by atoms with van der Waals surface area (Å²) in [4.78, 5) is 0.168. The van der Waals surface area contributed by atoms with Crippen LogP contribution in [-0.2, 0) is 16.6 Å². The molecule has 0 unspecified atom stereocenters. The van der Waals surface area contributed by atoms with E-state index in [1.54, 1.807) is 36.4 Å². The van der Waals surface area contributed by atoms with E-state index in [0.29, 0.717) is 17.0 Å². The summed E-state index contributed by atoms with van der Waals surface area (Å²) in [6.07, 6.45) is 0. The van der Waals surface area contributed by atoms with Crippen LogP contribution in [0, 0.1) is 18.6 Å². The van der Waals surface area contributed by atoms with Crippen molar-refractivity contribution in [2.24, 2.45) is 0 Å². The van der Waals surface area contributed by atoms with Crippen molar-refractivity contribution < 1.29 is 21.9 Å². The van der Waals surface area contributed by atoms with Crippen molar-refractivity contribution in [1.82, 2.24) is 0 Å². The number of halogens is 2. The Hall–Kier alpha value is -2.93. The van der Waals surface area contributed by atoms with Crippen molar-refractivity contribution in [3.8, 4) is 5.75 Å². The highest BCUT2D eigenvalue weighted by Crippen LogP contribution is 2.21. The number of anilines is 1. The van der Waals surface area contributed by atoms with E-state index in [0.717, 1.165) is 11.6 Å². The SMILES string of the molecule is Cc1ccc(S(=O)(=O)Nc2ccc(OCc3cc(F)cc(F)c3)cc2)cc1. The van der Waals surface area contributed by atoms with Crippen LogP contribution in [0.5, 0.6) is 5.75 Å². The van der Waals surface area contributed by atoms with Crippen molar-refractivity contribution in [1.29, 1.82) is 0 Å². The average molecular weight is 389 g/mol. The third kappa shape index (κ3) is 5.04. The zero-order valence-electron chi connectivity index (χ0n) is 14.4. The lowest BCUT2D eigenvalue weighted by Gasteiger charge is -2.10. The van der Waals surface area contributed by atoms with Gasteiger partial charge >= 0.3 is 0 Å². The van der Waals surface area contributed by atoms with Crippen LogP contribution in [0.1, 0.15) is 11.1 Å². The van der Waals surface area contributed by atoms with Crippen LogP contribution in [-0.4, -0.2) is 8.42 Å². The van der Waals surface area contributed by atoms with Crippen LogP contribution in [0.25, 0.3) is 0 Å². The second-order valence-corrected chi connectivity index (χ2v) is 7.69. The predicted octanol–water partition coefficient (Wildman–Crippen LogP) is 4.65. The van der Waals surface area contributed by atoms with E-state index >= 15 is 0 Å². The lowest BCUT2D eigenvalue weighted by atomic mass is 10.2. The third-order valence-corrected chi connectivity index (χ3v) is 5.16. The molecule has 3 aromatic rings. The van der Waals surface area contributed by atoms with Gasteiger partial charge in [0.15, 0.2) is 0 Å². The number of rotatable bonds is 6. The molecule has 0 radical (unpaired) electrons. The molecule has 0 aromatic heterocycles. The summed E-state index contributed by atoms with van der Waals surface area (Å²) >= 11 is 0. The first-order valence-corrected chi connectivity index (χ1v) is 9.57. The Labute approximate surface area is 156 Å². The molecule has 0 bridgehead atoms. The molecule has 140 valence electrons.